The Hall–Kier alpha value is -1.73. The first kappa shape index (κ1) is 15.7. The number of aromatic amines is 1. The van der Waals surface area contributed by atoms with Crippen LogP contribution >= 0.6 is 0 Å². The average Bonchev–Trinajstić information content (AvgIpc) is 2.75. The highest BCUT2D eigenvalue weighted by Gasteiger charge is 2.12. The van der Waals surface area contributed by atoms with Crippen molar-refractivity contribution in [2.24, 2.45) is 0 Å². The van der Waals surface area contributed by atoms with E-state index in [-0.39, 0.29) is 25.4 Å². The van der Waals surface area contributed by atoms with Gasteiger partial charge in [-0.05, 0) is 18.6 Å². The molecule has 0 fully saturated rings. The highest BCUT2D eigenvalue weighted by atomic mass is 19.3. The molecule has 5 nitrogen and oxygen atoms in total. The van der Waals surface area contributed by atoms with E-state index in [1.165, 1.54) is 4.90 Å². The van der Waals surface area contributed by atoms with Gasteiger partial charge in [0.2, 0.25) is 0 Å². The van der Waals surface area contributed by atoms with Crippen LogP contribution in [0.5, 0.6) is 0 Å². The molecule has 7 heteroatoms. The van der Waals surface area contributed by atoms with E-state index in [9.17, 15) is 13.6 Å². The molecule has 2 rings (SSSR count). The largest absolute Gasteiger partial charge is 0.395 e. The number of alkyl halides is 2. The lowest BCUT2D eigenvalue weighted by Crippen LogP contribution is -2.33. The second-order valence-corrected chi connectivity index (χ2v) is 4.87. The maximum absolute atomic E-state index is 12.4. The molecule has 0 radical (unpaired) electrons. The van der Waals surface area contributed by atoms with Gasteiger partial charge in [0, 0.05) is 19.6 Å². The summed E-state index contributed by atoms with van der Waals surface area (Å²) in [4.78, 5) is 16.1. The quantitative estimate of drug-likeness (QED) is 0.772. The summed E-state index contributed by atoms with van der Waals surface area (Å²) in [6.07, 6.45) is -1.86. The molecule has 0 aliphatic carbocycles. The van der Waals surface area contributed by atoms with Crippen LogP contribution in [0.25, 0.3) is 11.0 Å². The fourth-order valence-electron chi connectivity index (χ4n) is 2.41. The van der Waals surface area contributed by atoms with Crippen molar-refractivity contribution in [3.05, 3.63) is 34.7 Å². The van der Waals surface area contributed by atoms with Crippen molar-refractivity contribution in [3.8, 4) is 0 Å². The van der Waals surface area contributed by atoms with E-state index in [2.05, 4.69) is 4.98 Å². The number of aliphatic hydroxyl groups excluding tert-OH is 1. The fraction of sp³-hybridized carbons (Fsp3) is 0.500. The van der Waals surface area contributed by atoms with Gasteiger partial charge >= 0.3 is 5.69 Å². The first-order valence-electron chi connectivity index (χ1n) is 6.90. The van der Waals surface area contributed by atoms with E-state index in [1.54, 1.807) is 4.57 Å². The van der Waals surface area contributed by atoms with Gasteiger partial charge in [0.15, 0.2) is 0 Å². The van der Waals surface area contributed by atoms with Crippen molar-refractivity contribution >= 4 is 11.0 Å². The molecule has 0 aliphatic rings. The number of nitrogens with one attached hydrogen (secondary N) is 1. The molecule has 1 aromatic heterocycles. The number of H-pyrrole nitrogens is 1. The Labute approximate surface area is 120 Å². The number of fused-ring (bicyclic) bond motifs is 1. The third-order valence-corrected chi connectivity index (χ3v) is 3.35. The minimum absolute atomic E-state index is 0.153. The Kier molecular flexibility index (Phi) is 5.46. The average molecular weight is 299 g/mol. The van der Waals surface area contributed by atoms with E-state index in [1.807, 2.05) is 24.3 Å². The Morgan fingerprint density at radius 2 is 2.05 bits per heavy atom. The zero-order chi connectivity index (χ0) is 15.2. The van der Waals surface area contributed by atoms with Crippen molar-refractivity contribution in [3.63, 3.8) is 0 Å². The van der Waals surface area contributed by atoms with Crippen LogP contribution in [-0.4, -0.2) is 52.2 Å². The first-order valence-corrected chi connectivity index (χ1v) is 6.90. The Balaban J connectivity index is 1.98. The number of aliphatic hydroxyl groups is 1. The molecule has 0 spiro atoms. The Morgan fingerprint density at radius 1 is 1.29 bits per heavy atom. The monoisotopic (exact) mass is 299 g/mol. The van der Waals surface area contributed by atoms with Crippen LogP contribution in [0.3, 0.4) is 0 Å². The summed E-state index contributed by atoms with van der Waals surface area (Å²) in [5, 5.41) is 8.87. The van der Waals surface area contributed by atoms with Crippen molar-refractivity contribution in [2.45, 2.75) is 19.4 Å². The molecule has 0 amide bonds. The van der Waals surface area contributed by atoms with Crippen molar-refractivity contribution in [1.29, 1.82) is 0 Å². The molecule has 0 saturated heterocycles. The van der Waals surface area contributed by atoms with Gasteiger partial charge in [0.1, 0.15) is 0 Å². The summed E-state index contributed by atoms with van der Waals surface area (Å²) in [5.74, 6) is 0. The van der Waals surface area contributed by atoms with Crippen LogP contribution in [0, 0.1) is 0 Å². The number of rotatable bonds is 8. The summed E-state index contributed by atoms with van der Waals surface area (Å²) in [5.41, 5.74) is 1.38. The normalized spacial score (nSPS) is 11.9. The molecule has 0 aliphatic heterocycles. The van der Waals surface area contributed by atoms with Gasteiger partial charge in [0.25, 0.3) is 6.43 Å². The van der Waals surface area contributed by atoms with E-state index in [0.29, 0.717) is 19.5 Å². The number of imidazole rings is 1. The van der Waals surface area contributed by atoms with Crippen molar-refractivity contribution in [1.82, 2.24) is 14.5 Å². The molecule has 116 valence electrons. The lowest BCUT2D eigenvalue weighted by molar-refractivity contribution is 0.0772. The van der Waals surface area contributed by atoms with Gasteiger partial charge in [-0.1, -0.05) is 12.1 Å². The fourth-order valence-corrected chi connectivity index (χ4v) is 2.41. The van der Waals surface area contributed by atoms with Gasteiger partial charge in [-0.3, -0.25) is 9.47 Å². The van der Waals surface area contributed by atoms with Crippen LogP contribution in [0.15, 0.2) is 29.1 Å². The van der Waals surface area contributed by atoms with Crippen LogP contribution in [-0.2, 0) is 6.54 Å². The third kappa shape index (κ3) is 4.12. The van der Waals surface area contributed by atoms with Gasteiger partial charge in [-0.25, -0.2) is 13.6 Å². The smallest absolute Gasteiger partial charge is 0.326 e. The predicted octanol–water partition coefficient (Wildman–Crippen LogP) is 1.28. The minimum atomic E-state index is -2.42. The van der Waals surface area contributed by atoms with Crippen LogP contribution in [0.1, 0.15) is 6.42 Å². The second-order valence-electron chi connectivity index (χ2n) is 4.87. The van der Waals surface area contributed by atoms with Crippen LogP contribution in [0.4, 0.5) is 8.78 Å². The van der Waals surface area contributed by atoms with Crippen molar-refractivity contribution in [2.75, 3.05) is 26.2 Å². The molecule has 21 heavy (non-hydrogen) atoms. The number of hydrogen-bond acceptors (Lipinski definition) is 3. The molecule has 2 aromatic rings. The number of aryl methyl sites for hydroxylation is 1. The lowest BCUT2D eigenvalue weighted by Gasteiger charge is -2.20. The number of aromatic nitrogens is 2. The van der Waals surface area contributed by atoms with Gasteiger partial charge < -0.3 is 10.1 Å². The molecule has 0 bridgehead atoms. The van der Waals surface area contributed by atoms with Crippen LogP contribution in [0.2, 0.25) is 0 Å². The van der Waals surface area contributed by atoms with Gasteiger partial charge in [-0.15, -0.1) is 0 Å². The van der Waals surface area contributed by atoms with Crippen molar-refractivity contribution < 1.29 is 13.9 Å². The highest BCUT2D eigenvalue weighted by molar-refractivity contribution is 5.74. The van der Waals surface area contributed by atoms with Gasteiger partial charge in [0.05, 0.1) is 24.2 Å². The molecule has 2 N–H and O–H groups in total. The topological polar surface area (TPSA) is 61.3 Å². The summed E-state index contributed by atoms with van der Waals surface area (Å²) in [7, 11) is 0. The summed E-state index contributed by atoms with van der Waals surface area (Å²) in [6, 6.07) is 7.36. The minimum Gasteiger partial charge on any atom is -0.395 e. The zero-order valence-electron chi connectivity index (χ0n) is 11.6. The number of hydrogen-bond donors (Lipinski definition) is 2. The molecule has 0 unspecified atom stereocenters. The summed E-state index contributed by atoms with van der Waals surface area (Å²) in [6.45, 7) is 0.571. The molecule has 1 heterocycles. The van der Waals surface area contributed by atoms with E-state index in [0.717, 1.165) is 11.0 Å². The standard InChI is InChI=1S/C14H19F2N3O2/c15-13(16)10-18(8-9-20)6-3-7-19-12-5-2-1-4-11(12)17-14(19)21/h1-2,4-5,13,20H,3,6-10H2,(H,17,21). The number of nitrogens with zero attached hydrogens (tertiary/aromatic N) is 2. The summed E-state index contributed by atoms with van der Waals surface area (Å²) < 4.78 is 26.4. The van der Waals surface area contributed by atoms with E-state index in [4.69, 9.17) is 5.11 Å². The molecular formula is C14H19F2N3O2. The Morgan fingerprint density at radius 3 is 2.76 bits per heavy atom. The molecule has 0 saturated carbocycles. The molecular weight excluding hydrogens is 280 g/mol. The predicted molar refractivity (Wildman–Crippen MR) is 76.7 cm³/mol. The number of para-hydroxylation sites is 2. The highest BCUT2D eigenvalue weighted by Crippen LogP contribution is 2.09. The maximum atomic E-state index is 12.4. The number of benzene rings is 1. The molecule has 0 atom stereocenters. The van der Waals surface area contributed by atoms with Crippen LogP contribution < -0.4 is 5.69 Å². The lowest BCUT2D eigenvalue weighted by atomic mass is 10.3. The van der Waals surface area contributed by atoms with Gasteiger partial charge in [-0.2, -0.15) is 0 Å². The number of halogens is 2. The third-order valence-electron chi connectivity index (χ3n) is 3.35. The first-order chi connectivity index (χ1) is 10.1. The van der Waals surface area contributed by atoms with E-state index >= 15 is 0 Å². The zero-order valence-corrected chi connectivity index (χ0v) is 11.6. The summed E-state index contributed by atoms with van der Waals surface area (Å²) >= 11 is 0. The maximum Gasteiger partial charge on any atom is 0.326 e. The van der Waals surface area contributed by atoms with E-state index < -0.39 is 6.43 Å². The second kappa shape index (κ2) is 7.33. The molecule has 1 aromatic carbocycles. The SMILES string of the molecule is O=c1[nH]c2ccccc2n1CCCN(CCO)CC(F)F. The Bertz CT molecular complexity index is 624.